The topological polar surface area (TPSA) is 40.2 Å². The summed E-state index contributed by atoms with van der Waals surface area (Å²) in [5.74, 6) is 3.78. The van der Waals surface area contributed by atoms with E-state index in [0.717, 1.165) is 70.2 Å². The molecule has 2 fully saturated rings. The molecule has 3 aromatic carbocycles. The Morgan fingerprint density at radius 3 is 2.51 bits per heavy atom. The van der Waals surface area contributed by atoms with E-state index in [-0.39, 0.29) is 0 Å². The van der Waals surface area contributed by atoms with Gasteiger partial charge in [-0.25, -0.2) is 0 Å². The zero-order valence-corrected chi connectivity index (χ0v) is 23.2. The van der Waals surface area contributed by atoms with E-state index in [4.69, 9.17) is 30.5 Å². The van der Waals surface area contributed by atoms with Crippen LogP contribution in [-0.2, 0) is 13.2 Å². The van der Waals surface area contributed by atoms with Gasteiger partial charge in [0.25, 0.3) is 0 Å². The summed E-state index contributed by atoms with van der Waals surface area (Å²) in [5.41, 5.74) is 4.29. The molecule has 0 radical (unpaired) electrons. The fraction of sp³-hybridized carbons (Fsp3) is 0.400. The third-order valence-corrected chi connectivity index (χ3v) is 8.43. The van der Waals surface area contributed by atoms with Crippen molar-refractivity contribution in [2.45, 2.75) is 38.8 Å². The van der Waals surface area contributed by atoms with Crippen molar-refractivity contribution in [3.8, 4) is 34.1 Å². The van der Waals surface area contributed by atoms with Crippen LogP contribution in [0.4, 0.5) is 0 Å². The third kappa shape index (κ3) is 5.87. The van der Waals surface area contributed by atoms with Crippen molar-refractivity contribution < 1.29 is 18.9 Å². The van der Waals surface area contributed by atoms with E-state index in [9.17, 15) is 0 Å². The van der Waals surface area contributed by atoms with Crippen molar-refractivity contribution in [3.05, 3.63) is 69.2 Å². The van der Waals surface area contributed by atoms with Gasteiger partial charge in [-0.3, -0.25) is 4.90 Å². The quantitative estimate of drug-likeness (QED) is 0.260. The molecule has 0 N–H and O–H groups in total. The second kappa shape index (κ2) is 11.1. The monoisotopic (exact) mass is 583 g/mol. The van der Waals surface area contributed by atoms with Crippen molar-refractivity contribution >= 4 is 27.5 Å². The lowest BCUT2D eigenvalue weighted by Crippen LogP contribution is -2.19. The van der Waals surface area contributed by atoms with E-state index < -0.39 is 0 Å². The van der Waals surface area contributed by atoms with Gasteiger partial charge in [0.1, 0.15) is 31.3 Å². The maximum absolute atomic E-state index is 6.73. The maximum Gasteiger partial charge on any atom is 0.161 e. The van der Waals surface area contributed by atoms with Gasteiger partial charge in [0, 0.05) is 28.2 Å². The number of ether oxygens (including phenoxy) is 4. The Morgan fingerprint density at radius 2 is 1.70 bits per heavy atom. The molecule has 3 aliphatic rings. The van der Waals surface area contributed by atoms with Crippen LogP contribution in [0.1, 0.15) is 36.8 Å². The summed E-state index contributed by atoms with van der Waals surface area (Å²) in [6, 6.07) is 16.2. The van der Waals surface area contributed by atoms with Crippen LogP contribution in [0.25, 0.3) is 11.1 Å². The van der Waals surface area contributed by atoms with Crippen molar-refractivity contribution in [2.75, 3.05) is 32.9 Å². The number of likely N-dealkylation sites (tertiary alicyclic amines) is 1. The predicted molar refractivity (Wildman–Crippen MR) is 149 cm³/mol. The Kier molecular flexibility index (Phi) is 7.50. The summed E-state index contributed by atoms with van der Waals surface area (Å²) < 4.78 is 25.0. The van der Waals surface area contributed by atoms with E-state index in [2.05, 4.69) is 39.0 Å². The van der Waals surface area contributed by atoms with Crippen LogP contribution in [-0.4, -0.2) is 37.8 Å². The molecule has 37 heavy (non-hydrogen) atoms. The second-order valence-corrected chi connectivity index (χ2v) is 11.3. The molecule has 0 aromatic heterocycles. The molecule has 194 valence electrons. The van der Waals surface area contributed by atoms with Crippen molar-refractivity contribution in [3.63, 3.8) is 0 Å². The summed E-state index contributed by atoms with van der Waals surface area (Å²) in [5, 5.41) is 0.618. The lowest BCUT2D eigenvalue weighted by Gasteiger charge is -2.20. The highest BCUT2D eigenvalue weighted by Gasteiger charge is 2.24. The minimum atomic E-state index is 0.381. The molecule has 0 amide bonds. The van der Waals surface area contributed by atoms with Crippen LogP contribution >= 0.6 is 27.5 Å². The fourth-order valence-corrected chi connectivity index (χ4v) is 5.75. The molecular formula is C30H31BrClNO4. The molecule has 2 heterocycles. The van der Waals surface area contributed by atoms with E-state index in [1.807, 2.05) is 30.3 Å². The van der Waals surface area contributed by atoms with Gasteiger partial charge in [-0.2, -0.15) is 0 Å². The van der Waals surface area contributed by atoms with E-state index >= 15 is 0 Å². The summed E-state index contributed by atoms with van der Waals surface area (Å²) in [6.45, 7) is 5.41. The van der Waals surface area contributed by atoms with E-state index in [0.29, 0.717) is 36.5 Å². The van der Waals surface area contributed by atoms with Crippen molar-refractivity contribution in [1.82, 2.24) is 4.90 Å². The third-order valence-electron chi connectivity index (χ3n) is 7.19. The molecule has 7 heteroatoms. The maximum atomic E-state index is 6.73. The standard InChI is InChI=1S/C30H31BrClNO4/c31-30-22(4-3-5-24(30)21-8-9-26-29(15-21)35-13-12-34-26)19-37-28-16-27(36-18-20-6-7-20)23(14-25(28)32)17-33-10-1-2-11-33/h3-5,8-9,14-16,20H,1-2,6-7,10-13,17-19H2. The van der Waals surface area contributed by atoms with Gasteiger partial charge >= 0.3 is 0 Å². The molecule has 5 nitrogen and oxygen atoms in total. The number of halogens is 2. The fourth-order valence-electron chi connectivity index (χ4n) is 4.90. The lowest BCUT2D eigenvalue weighted by molar-refractivity contribution is 0.171. The predicted octanol–water partition coefficient (Wildman–Crippen LogP) is 7.50. The van der Waals surface area contributed by atoms with E-state index in [1.165, 1.54) is 25.7 Å². The van der Waals surface area contributed by atoms with Crippen LogP contribution in [0.15, 0.2) is 53.0 Å². The Hall–Kier alpha value is -2.41. The number of rotatable bonds is 9. The van der Waals surface area contributed by atoms with Crippen molar-refractivity contribution in [1.29, 1.82) is 0 Å². The highest BCUT2D eigenvalue weighted by molar-refractivity contribution is 9.10. The Balaban J connectivity index is 1.21. The number of fused-ring (bicyclic) bond motifs is 1. The summed E-state index contributed by atoms with van der Waals surface area (Å²) in [6.07, 6.45) is 5.03. The van der Waals surface area contributed by atoms with Gasteiger partial charge in [-0.15, -0.1) is 0 Å². The highest BCUT2D eigenvalue weighted by Crippen LogP contribution is 2.40. The average molecular weight is 585 g/mol. The van der Waals surface area contributed by atoms with E-state index in [1.54, 1.807) is 0 Å². The first-order chi connectivity index (χ1) is 18.1. The van der Waals surface area contributed by atoms with Crippen LogP contribution in [0, 0.1) is 5.92 Å². The zero-order valence-electron chi connectivity index (χ0n) is 20.8. The molecule has 1 saturated heterocycles. The van der Waals surface area contributed by atoms with Gasteiger partial charge < -0.3 is 18.9 Å². The minimum Gasteiger partial charge on any atom is -0.493 e. The van der Waals surface area contributed by atoms with Crippen LogP contribution in [0.2, 0.25) is 5.02 Å². The number of benzene rings is 3. The average Bonchev–Trinajstić information content (AvgIpc) is 3.61. The molecule has 1 aliphatic carbocycles. The lowest BCUT2D eigenvalue weighted by atomic mass is 10.0. The summed E-state index contributed by atoms with van der Waals surface area (Å²) in [4.78, 5) is 2.47. The van der Waals surface area contributed by atoms with Crippen LogP contribution in [0.5, 0.6) is 23.0 Å². The largest absolute Gasteiger partial charge is 0.493 e. The van der Waals surface area contributed by atoms with Crippen LogP contribution < -0.4 is 18.9 Å². The number of hydrogen-bond acceptors (Lipinski definition) is 5. The van der Waals surface area contributed by atoms with Gasteiger partial charge in [0.2, 0.25) is 0 Å². The Bertz CT molecular complexity index is 1270. The normalized spacial score (nSPS) is 17.1. The zero-order chi connectivity index (χ0) is 25.2. The SMILES string of the molecule is Clc1cc(CN2CCCC2)c(OCC2CC2)cc1OCc1cccc(-c2ccc3c(c2)OCCO3)c1Br. The summed E-state index contributed by atoms with van der Waals surface area (Å²) >= 11 is 10.5. The minimum absolute atomic E-state index is 0.381. The first-order valence-electron chi connectivity index (χ1n) is 13.1. The number of hydrogen-bond donors (Lipinski definition) is 0. The highest BCUT2D eigenvalue weighted by atomic mass is 79.9. The molecule has 0 atom stereocenters. The first kappa shape index (κ1) is 24.9. The Morgan fingerprint density at radius 1 is 0.892 bits per heavy atom. The van der Waals surface area contributed by atoms with Crippen molar-refractivity contribution in [2.24, 2.45) is 5.92 Å². The Labute approximate surface area is 231 Å². The molecule has 6 rings (SSSR count). The molecule has 0 spiro atoms. The molecule has 2 aliphatic heterocycles. The van der Waals surface area contributed by atoms with Crippen LogP contribution in [0.3, 0.4) is 0 Å². The first-order valence-corrected chi connectivity index (χ1v) is 14.3. The molecule has 1 saturated carbocycles. The number of nitrogens with zero attached hydrogens (tertiary/aromatic N) is 1. The van der Waals surface area contributed by atoms with Gasteiger partial charge in [-0.05, 0) is 89.9 Å². The van der Waals surface area contributed by atoms with Gasteiger partial charge in [0.15, 0.2) is 11.5 Å². The molecule has 3 aromatic rings. The van der Waals surface area contributed by atoms with Gasteiger partial charge in [-0.1, -0.05) is 35.9 Å². The second-order valence-electron chi connectivity index (χ2n) is 10.1. The summed E-state index contributed by atoms with van der Waals surface area (Å²) in [7, 11) is 0. The molecule has 0 unspecified atom stereocenters. The van der Waals surface area contributed by atoms with Gasteiger partial charge in [0.05, 0.1) is 11.6 Å². The smallest absolute Gasteiger partial charge is 0.161 e. The molecule has 0 bridgehead atoms. The molecular weight excluding hydrogens is 554 g/mol.